The molecule has 1 aromatic heterocycles. The second kappa shape index (κ2) is 7.04. The van der Waals surface area contributed by atoms with Gasteiger partial charge in [0.15, 0.2) is 0 Å². The van der Waals surface area contributed by atoms with Gasteiger partial charge in [-0.1, -0.05) is 6.08 Å². The quantitative estimate of drug-likeness (QED) is 0.799. The van der Waals surface area contributed by atoms with Gasteiger partial charge in [-0.15, -0.1) is 11.3 Å². The second-order valence-electron chi connectivity index (χ2n) is 4.68. The van der Waals surface area contributed by atoms with Gasteiger partial charge in [0.05, 0.1) is 6.61 Å². The fourth-order valence-corrected chi connectivity index (χ4v) is 3.28. The molecule has 0 atom stereocenters. The fraction of sp³-hybridized carbons (Fsp3) is 0.571. The molecule has 4 heteroatoms. The van der Waals surface area contributed by atoms with Crippen molar-refractivity contribution >= 4 is 11.3 Å². The Hall–Kier alpha value is -0.680. The molecule has 3 nitrogen and oxygen atoms in total. The Morgan fingerprint density at radius 2 is 2.22 bits per heavy atom. The van der Waals surface area contributed by atoms with E-state index in [0.717, 1.165) is 39.2 Å². The summed E-state index contributed by atoms with van der Waals surface area (Å²) in [6.07, 6.45) is 3.46. The van der Waals surface area contributed by atoms with Gasteiger partial charge >= 0.3 is 0 Å². The van der Waals surface area contributed by atoms with Crippen LogP contribution in [-0.2, 0) is 17.8 Å². The van der Waals surface area contributed by atoms with Crippen molar-refractivity contribution in [2.24, 2.45) is 0 Å². The average molecular weight is 266 g/mol. The highest BCUT2D eigenvalue weighted by Gasteiger charge is 2.12. The van der Waals surface area contributed by atoms with Gasteiger partial charge in [0, 0.05) is 43.0 Å². The highest BCUT2D eigenvalue weighted by molar-refractivity contribution is 7.11. The Balaban J connectivity index is 1.83. The maximum Gasteiger partial charge on any atom is 0.0673 e. The summed E-state index contributed by atoms with van der Waals surface area (Å²) >= 11 is 1.91. The van der Waals surface area contributed by atoms with Gasteiger partial charge in [0.25, 0.3) is 0 Å². The zero-order valence-corrected chi connectivity index (χ0v) is 12.1. The van der Waals surface area contributed by atoms with Gasteiger partial charge in [-0.3, -0.25) is 4.90 Å². The van der Waals surface area contributed by atoms with E-state index < -0.39 is 0 Å². The van der Waals surface area contributed by atoms with Crippen LogP contribution in [0.1, 0.15) is 16.2 Å². The Kier molecular flexibility index (Phi) is 5.38. The van der Waals surface area contributed by atoms with E-state index in [4.69, 9.17) is 4.74 Å². The maximum absolute atomic E-state index is 5.17. The molecule has 0 saturated heterocycles. The first-order valence-corrected chi connectivity index (χ1v) is 7.25. The first-order valence-electron chi connectivity index (χ1n) is 6.43. The number of rotatable bonds is 6. The van der Waals surface area contributed by atoms with Crippen LogP contribution in [-0.4, -0.2) is 38.8 Å². The van der Waals surface area contributed by atoms with Gasteiger partial charge < -0.3 is 10.1 Å². The van der Waals surface area contributed by atoms with Crippen LogP contribution in [0.25, 0.3) is 0 Å². The number of ether oxygens (including phenoxy) is 1. The van der Waals surface area contributed by atoms with Crippen molar-refractivity contribution < 1.29 is 4.74 Å². The summed E-state index contributed by atoms with van der Waals surface area (Å²) in [6, 6.07) is 4.48. The van der Waals surface area contributed by atoms with Gasteiger partial charge in [-0.25, -0.2) is 0 Å². The fourth-order valence-electron chi connectivity index (χ4n) is 2.21. The van der Waals surface area contributed by atoms with Gasteiger partial charge in [0.2, 0.25) is 0 Å². The summed E-state index contributed by atoms with van der Waals surface area (Å²) in [6.45, 7) is 5.04. The van der Waals surface area contributed by atoms with Crippen LogP contribution in [0, 0.1) is 0 Å². The van der Waals surface area contributed by atoms with E-state index >= 15 is 0 Å². The minimum atomic E-state index is 0.791. The van der Waals surface area contributed by atoms with Crippen LogP contribution in [0.15, 0.2) is 23.8 Å². The zero-order valence-electron chi connectivity index (χ0n) is 11.2. The van der Waals surface area contributed by atoms with Gasteiger partial charge in [-0.2, -0.15) is 0 Å². The number of hydrogen-bond donors (Lipinski definition) is 1. The van der Waals surface area contributed by atoms with Crippen LogP contribution in [0.5, 0.6) is 0 Å². The molecule has 1 aliphatic rings. The minimum absolute atomic E-state index is 0.791. The summed E-state index contributed by atoms with van der Waals surface area (Å²) in [5.41, 5.74) is 1.44. The lowest BCUT2D eigenvalue weighted by Crippen LogP contribution is -2.28. The maximum atomic E-state index is 5.17. The molecule has 100 valence electrons. The summed E-state index contributed by atoms with van der Waals surface area (Å²) in [5.74, 6) is 0. The number of hydrogen-bond acceptors (Lipinski definition) is 4. The third kappa shape index (κ3) is 3.92. The topological polar surface area (TPSA) is 24.5 Å². The van der Waals surface area contributed by atoms with Crippen LogP contribution in [0.3, 0.4) is 0 Å². The lowest BCUT2D eigenvalue weighted by Gasteiger charge is -2.25. The molecule has 1 aliphatic heterocycles. The predicted molar refractivity (Wildman–Crippen MR) is 76.9 cm³/mol. The summed E-state index contributed by atoms with van der Waals surface area (Å²) < 4.78 is 5.17. The SMILES string of the molecule is CNCc1ccc(CN2CC=C(COC)CC2)s1. The zero-order chi connectivity index (χ0) is 12.8. The third-order valence-corrected chi connectivity index (χ3v) is 4.23. The normalized spacial score (nSPS) is 16.9. The molecule has 0 fully saturated rings. The average Bonchev–Trinajstić information content (AvgIpc) is 2.80. The van der Waals surface area contributed by atoms with Crippen molar-refractivity contribution in [2.75, 3.05) is 33.9 Å². The molecular weight excluding hydrogens is 244 g/mol. The van der Waals surface area contributed by atoms with E-state index in [2.05, 4.69) is 28.4 Å². The van der Waals surface area contributed by atoms with Crippen molar-refractivity contribution in [1.82, 2.24) is 10.2 Å². The van der Waals surface area contributed by atoms with Crippen molar-refractivity contribution in [1.29, 1.82) is 0 Å². The van der Waals surface area contributed by atoms with E-state index in [1.807, 2.05) is 18.4 Å². The number of thiophene rings is 1. The van der Waals surface area contributed by atoms with Crippen molar-refractivity contribution in [2.45, 2.75) is 19.5 Å². The van der Waals surface area contributed by atoms with Gasteiger partial charge in [-0.05, 0) is 31.2 Å². The number of nitrogens with one attached hydrogen (secondary N) is 1. The molecule has 0 spiro atoms. The molecule has 1 aromatic rings. The predicted octanol–water partition coefficient (Wildman–Crippen LogP) is 2.25. The molecule has 0 saturated carbocycles. The number of nitrogens with zero attached hydrogens (tertiary/aromatic N) is 1. The van der Waals surface area contributed by atoms with Crippen LogP contribution in [0.2, 0.25) is 0 Å². The van der Waals surface area contributed by atoms with E-state index in [1.165, 1.54) is 15.3 Å². The Morgan fingerprint density at radius 1 is 1.39 bits per heavy atom. The third-order valence-electron chi connectivity index (χ3n) is 3.16. The van der Waals surface area contributed by atoms with Crippen molar-refractivity contribution in [3.63, 3.8) is 0 Å². The standard InChI is InChI=1S/C14H22N2OS/c1-15-9-13-3-4-14(18-13)10-16-7-5-12(6-8-16)11-17-2/h3-5,15H,6-11H2,1-2H3. The molecule has 0 radical (unpaired) electrons. The van der Waals surface area contributed by atoms with Crippen LogP contribution >= 0.6 is 11.3 Å². The molecule has 2 rings (SSSR count). The molecule has 18 heavy (non-hydrogen) atoms. The first-order chi connectivity index (χ1) is 8.81. The molecule has 1 N–H and O–H groups in total. The molecule has 0 amide bonds. The van der Waals surface area contributed by atoms with Crippen molar-refractivity contribution in [3.05, 3.63) is 33.5 Å². The van der Waals surface area contributed by atoms with Crippen molar-refractivity contribution in [3.8, 4) is 0 Å². The summed E-state index contributed by atoms with van der Waals surface area (Å²) in [4.78, 5) is 5.37. The monoisotopic (exact) mass is 266 g/mol. The lowest BCUT2D eigenvalue weighted by molar-refractivity contribution is 0.210. The molecular formula is C14H22N2OS. The van der Waals surface area contributed by atoms with E-state index in [1.54, 1.807) is 7.11 Å². The van der Waals surface area contributed by atoms with E-state index in [9.17, 15) is 0 Å². The molecule has 0 aliphatic carbocycles. The van der Waals surface area contributed by atoms with E-state index in [-0.39, 0.29) is 0 Å². The highest BCUT2D eigenvalue weighted by Crippen LogP contribution is 2.20. The molecule has 0 unspecified atom stereocenters. The van der Waals surface area contributed by atoms with Crippen LogP contribution < -0.4 is 5.32 Å². The largest absolute Gasteiger partial charge is 0.380 e. The lowest BCUT2D eigenvalue weighted by atomic mass is 10.1. The second-order valence-corrected chi connectivity index (χ2v) is 5.93. The minimum Gasteiger partial charge on any atom is -0.380 e. The van der Waals surface area contributed by atoms with E-state index in [0.29, 0.717) is 0 Å². The smallest absolute Gasteiger partial charge is 0.0673 e. The molecule has 2 heterocycles. The first kappa shape index (κ1) is 13.7. The Labute approximate surface area is 113 Å². The molecule has 0 bridgehead atoms. The molecule has 0 aromatic carbocycles. The summed E-state index contributed by atoms with van der Waals surface area (Å²) in [7, 11) is 3.76. The number of methoxy groups -OCH3 is 1. The van der Waals surface area contributed by atoms with Gasteiger partial charge in [0.1, 0.15) is 0 Å². The summed E-state index contributed by atoms with van der Waals surface area (Å²) in [5, 5.41) is 3.19. The van der Waals surface area contributed by atoms with Crippen LogP contribution in [0.4, 0.5) is 0 Å². The Bertz CT molecular complexity index is 400. The Morgan fingerprint density at radius 3 is 2.89 bits per heavy atom. The highest BCUT2D eigenvalue weighted by atomic mass is 32.1.